The number of hydrogen-bond donors (Lipinski definition) is 1. The Hall–Kier alpha value is -1.66. The largest absolute Gasteiger partial charge is 0.444 e. The summed E-state index contributed by atoms with van der Waals surface area (Å²) in [4.78, 5) is 11.7. The van der Waals surface area contributed by atoms with E-state index in [1.54, 1.807) is 4.68 Å². The molecule has 7 nitrogen and oxygen atoms in total. The van der Waals surface area contributed by atoms with Gasteiger partial charge in [0, 0.05) is 19.0 Å². The van der Waals surface area contributed by atoms with E-state index in [4.69, 9.17) is 4.74 Å². The molecular weight excluding hydrogens is 258 g/mol. The number of carbonyl (C=O) groups is 1. The van der Waals surface area contributed by atoms with E-state index in [9.17, 15) is 4.79 Å². The van der Waals surface area contributed by atoms with E-state index in [-0.39, 0.29) is 12.1 Å². The molecule has 20 heavy (non-hydrogen) atoms. The summed E-state index contributed by atoms with van der Waals surface area (Å²) >= 11 is 0. The average Bonchev–Trinajstić information content (AvgIpc) is 2.74. The number of carbonyl (C=O) groups excluding carboxylic acids is 1. The average molecular weight is 281 g/mol. The van der Waals surface area contributed by atoms with Gasteiger partial charge in [-0.1, -0.05) is 0 Å². The predicted octanol–water partition coefficient (Wildman–Crippen LogP) is 1.76. The van der Waals surface area contributed by atoms with Crippen LogP contribution in [0, 0.1) is 0 Å². The molecule has 0 bridgehead atoms. The van der Waals surface area contributed by atoms with Crippen LogP contribution in [0.15, 0.2) is 0 Å². The van der Waals surface area contributed by atoms with Crippen molar-refractivity contribution in [2.75, 3.05) is 0 Å². The van der Waals surface area contributed by atoms with E-state index in [0.717, 1.165) is 31.5 Å². The van der Waals surface area contributed by atoms with E-state index < -0.39 is 5.60 Å². The highest BCUT2D eigenvalue weighted by Crippen LogP contribution is 2.31. The third-order valence-corrected chi connectivity index (χ3v) is 3.47. The minimum absolute atomic E-state index is 0.183. The van der Waals surface area contributed by atoms with E-state index >= 15 is 0 Å². The third-order valence-electron chi connectivity index (χ3n) is 3.47. The summed E-state index contributed by atoms with van der Waals surface area (Å²) in [6.45, 7) is 5.60. The fourth-order valence-electron chi connectivity index (χ4n) is 2.55. The van der Waals surface area contributed by atoms with E-state index in [1.165, 1.54) is 0 Å². The van der Waals surface area contributed by atoms with Gasteiger partial charge in [-0.25, -0.2) is 9.48 Å². The van der Waals surface area contributed by atoms with Crippen LogP contribution in [0.4, 0.5) is 4.79 Å². The zero-order chi connectivity index (χ0) is 14.8. The van der Waals surface area contributed by atoms with Gasteiger partial charge in [0.15, 0.2) is 5.82 Å². The van der Waals surface area contributed by atoms with Gasteiger partial charge in [0.2, 0.25) is 0 Å². The second-order valence-corrected chi connectivity index (χ2v) is 6.36. The maximum absolute atomic E-state index is 11.7. The van der Waals surface area contributed by atoms with E-state index in [2.05, 4.69) is 20.8 Å². The molecule has 0 unspecified atom stereocenters. The number of hydrogen-bond acceptors (Lipinski definition) is 5. The number of aromatic nitrogens is 4. The molecule has 0 atom stereocenters. The summed E-state index contributed by atoms with van der Waals surface area (Å²) in [5, 5.41) is 14.5. The molecule has 1 N–H and O–H groups in total. The number of alkyl carbamates (subject to hydrolysis) is 1. The molecule has 0 aliphatic heterocycles. The minimum Gasteiger partial charge on any atom is -0.444 e. The highest BCUT2D eigenvalue weighted by atomic mass is 16.6. The maximum atomic E-state index is 11.7. The van der Waals surface area contributed by atoms with E-state index in [1.807, 2.05) is 27.8 Å². The van der Waals surface area contributed by atoms with Gasteiger partial charge in [-0.05, 0) is 56.9 Å². The van der Waals surface area contributed by atoms with Gasteiger partial charge in [0.05, 0.1) is 0 Å². The summed E-state index contributed by atoms with van der Waals surface area (Å²) < 4.78 is 7.00. The van der Waals surface area contributed by atoms with Gasteiger partial charge in [0.25, 0.3) is 0 Å². The van der Waals surface area contributed by atoms with Gasteiger partial charge in [0.1, 0.15) is 5.60 Å². The molecule has 0 radical (unpaired) electrons. The zero-order valence-electron chi connectivity index (χ0n) is 12.6. The van der Waals surface area contributed by atoms with Crippen LogP contribution < -0.4 is 5.32 Å². The molecule has 0 aromatic carbocycles. The lowest BCUT2D eigenvalue weighted by Gasteiger charge is -2.29. The van der Waals surface area contributed by atoms with E-state index in [0.29, 0.717) is 5.92 Å². The first-order valence-electron chi connectivity index (χ1n) is 7.07. The van der Waals surface area contributed by atoms with Crippen molar-refractivity contribution in [1.82, 2.24) is 25.5 Å². The Labute approximate surface area is 119 Å². The van der Waals surface area contributed by atoms with Crippen LogP contribution in [-0.4, -0.2) is 37.9 Å². The number of amides is 1. The maximum Gasteiger partial charge on any atom is 0.407 e. The standard InChI is InChI=1S/C13H23N5O2/c1-13(2,3)20-12(19)14-10-7-5-9(6-8-10)11-15-16-17-18(11)4/h9-10H,5-8H2,1-4H3,(H,14,19)/t9-,10-. The Morgan fingerprint density at radius 1 is 1.30 bits per heavy atom. The first-order chi connectivity index (χ1) is 9.35. The quantitative estimate of drug-likeness (QED) is 0.893. The molecule has 1 amide bonds. The first-order valence-corrected chi connectivity index (χ1v) is 7.07. The van der Waals surface area contributed by atoms with Crippen molar-refractivity contribution in [2.24, 2.45) is 7.05 Å². The summed E-state index contributed by atoms with van der Waals surface area (Å²) in [6, 6.07) is 0.183. The molecule has 1 aromatic rings. The Kier molecular flexibility index (Phi) is 4.25. The number of aryl methyl sites for hydroxylation is 1. The molecule has 112 valence electrons. The third kappa shape index (κ3) is 3.91. The molecule has 1 aliphatic carbocycles. The highest BCUT2D eigenvalue weighted by molar-refractivity contribution is 5.68. The highest BCUT2D eigenvalue weighted by Gasteiger charge is 2.27. The minimum atomic E-state index is -0.453. The van der Waals surface area contributed by atoms with Gasteiger partial charge >= 0.3 is 6.09 Å². The second kappa shape index (κ2) is 5.76. The molecule has 1 aromatic heterocycles. The van der Waals surface area contributed by atoms with Crippen molar-refractivity contribution in [3.63, 3.8) is 0 Å². The Balaban J connectivity index is 1.80. The lowest BCUT2D eigenvalue weighted by molar-refractivity contribution is 0.0491. The van der Waals surface area contributed by atoms with Gasteiger partial charge < -0.3 is 10.1 Å². The van der Waals surface area contributed by atoms with Crippen molar-refractivity contribution in [3.05, 3.63) is 5.82 Å². The summed E-state index contributed by atoms with van der Waals surface area (Å²) in [5.41, 5.74) is -0.453. The molecule has 1 heterocycles. The van der Waals surface area contributed by atoms with Gasteiger partial charge in [-0.3, -0.25) is 0 Å². The monoisotopic (exact) mass is 281 g/mol. The van der Waals surface area contributed by atoms with Gasteiger partial charge in [-0.2, -0.15) is 0 Å². The fraction of sp³-hybridized carbons (Fsp3) is 0.846. The lowest BCUT2D eigenvalue weighted by atomic mass is 9.85. The van der Waals surface area contributed by atoms with Crippen molar-refractivity contribution in [3.8, 4) is 0 Å². The summed E-state index contributed by atoms with van der Waals surface area (Å²) in [5.74, 6) is 1.31. The number of tetrazole rings is 1. The van der Waals surface area contributed by atoms with Crippen molar-refractivity contribution in [2.45, 2.75) is 64.0 Å². The lowest BCUT2D eigenvalue weighted by Crippen LogP contribution is -2.40. The predicted molar refractivity (Wildman–Crippen MR) is 73.2 cm³/mol. The molecule has 7 heteroatoms. The number of rotatable bonds is 2. The normalized spacial score (nSPS) is 23.4. The summed E-state index contributed by atoms with van der Waals surface area (Å²) in [7, 11) is 1.86. The van der Waals surface area contributed by atoms with Crippen LogP contribution in [0.2, 0.25) is 0 Å². The first kappa shape index (κ1) is 14.7. The van der Waals surface area contributed by atoms with Crippen molar-refractivity contribution in [1.29, 1.82) is 0 Å². The molecule has 0 spiro atoms. The second-order valence-electron chi connectivity index (χ2n) is 6.36. The van der Waals surface area contributed by atoms with Crippen molar-refractivity contribution >= 4 is 6.09 Å². The molecule has 1 fully saturated rings. The smallest absolute Gasteiger partial charge is 0.407 e. The molecule has 2 rings (SSSR count). The number of ether oxygens (including phenoxy) is 1. The van der Waals surface area contributed by atoms with Crippen LogP contribution in [0.3, 0.4) is 0 Å². The molecular formula is C13H23N5O2. The van der Waals surface area contributed by atoms with Crippen LogP contribution in [0.1, 0.15) is 58.2 Å². The summed E-state index contributed by atoms with van der Waals surface area (Å²) in [6.07, 6.45) is 3.48. The molecule has 0 saturated heterocycles. The van der Waals surface area contributed by atoms with Crippen LogP contribution >= 0.6 is 0 Å². The Morgan fingerprint density at radius 3 is 2.45 bits per heavy atom. The fourth-order valence-corrected chi connectivity index (χ4v) is 2.55. The van der Waals surface area contributed by atoms with Crippen LogP contribution in [-0.2, 0) is 11.8 Å². The Morgan fingerprint density at radius 2 is 1.95 bits per heavy atom. The van der Waals surface area contributed by atoms with Crippen LogP contribution in [0.25, 0.3) is 0 Å². The molecule has 1 saturated carbocycles. The SMILES string of the molecule is Cn1nnnc1[C@H]1CC[C@H](NC(=O)OC(C)(C)C)CC1. The zero-order valence-corrected chi connectivity index (χ0v) is 12.6. The van der Waals surface area contributed by atoms with Gasteiger partial charge in [-0.15, -0.1) is 5.10 Å². The van der Waals surface area contributed by atoms with Crippen molar-refractivity contribution < 1.29 is 9.53 Å². The number of nitrogens with one attached hydrogen (secondary N) is 1. The topological polar surface area (TPSA) is 81.9 Å². The number of nitrogens with zero attached hydrogens (tertiary/aromatic N) is 4. The van der Waals surface area contributed by atoms with Crippen LogP contribution in [0.5, 0.6) is 0 Å². The molecule has 1 aliphatic rings. The Bertz CT molecular complexity index is 458.